The van der Waals surface area contributed by atoms with Crippen LogP contribution in [0.2, 0.25) is 0 Å². The van der Waals surface area contributed by atoms with Crippen molar-refractivity contribution < 1.29 is 0 Å². The highest BCUT2D eigenvalue weighted by Crippen LogP contribution is 2.56. The van der Waals surface area contributed by atoms with Crippen molar-refractivity contribution in [3.05, 3.63) is 0 Å². The third kappa shape index (κ3) is 23.0. The van der Waals surface area contributed by atoms with E-state index in [4.69, 9.17) is 5.26 Å². The normalized spacial score (nSPS) is 24.6. The van der Waals surface area contributed by atoms with Gasteiger partial charge in [-0.25, -0.2) is 0 Å². The van der Waals surface area contributed by atoms with Crippen LogP contribution in [0.25, 0.3) is 0 Å². The molecule has 0 aliphatic heterocycles. The SMILES string of the molecule is CC(C)(C)C.CC(C)(C)C.CC(C)(C)C1CC2CC1CC2C#N.CN(C)CCCC(C)(C)C. The zero-order valence-electron chi connectivity index (χ0n) is 25.9. The topological polar surface area (TPSA) is 27.0 Å². The van der Waals surface area contributed by atoms with Gasteiger partial charge in [0.1, 0.15) is 0 Å². The fourth-order valence-corrected chi connectivity index (χ4v) is 4.42. The van der Waals surface area contributed by atoms with Crippen molar-refractivity contribution in [2.45, 2.75) is 129 Å². The Morgan fingerprint density at radius 1 is 0.697 bits per heavy atom. The molecule has 0 spiro atoms. The zero-order valence-corrected chi connectivity index (χ0v) is 25.9. The standard InChI is InChI=1S/C12H19N.C9H21N.2C5H12/c1-12(2,3)11-6-8-4-9(11)5-10(8)7-13;1-9(2,3)7-6-8-10(4)5;2*1-5(2,3)4/h8-11H,4-6H2,1-3H3;6-8H2,1-5H3;2*1-4H3. The molecule has 2 aliphatic rings. The molecule has 2 heteroatoms. The summed E-state index contributed by atoms with van der Waals surface area (Å²) < 4.78 is 0. The van der Waals surface area contributed by atoms with Crippen LogP contribution in [0.5, 0.6) is 0 Å². The summed E-state index contributed by atoms with van der Waals surface area (Å²) in [5.41, 5.74) is 1.97. The quantitative estimate of drug-likeness (QED) is 0.415. The highest BCUT2D eigenvalue weighted by molar-refractivity contribution is 5.05. The lowest BCUT2D eigenvalue weighted by Crippen LogP contribution is -2.28. The monoisotopic (exact) mass is 465 g/mol. The van der Waals surface area contributed by atoms with Crippen molar-refractivity contribution in [1.82, 2.24) is 4.90 Å². The lowest BCUT2D eigenvalue weighted by molar-refractivity contribution is 0.148. The van der Waals surface area contributed by atoms with Gasteiger partial charge in [0, 0.05) is 5.92 Å². The molecule has 0 saturated heterocycles. The maximum atomic E-state index is 8.93. The maximum absolute atomic E-state index is 8.93. The summed E-state index contributed by atoms with van der Waals surface area (Å²) in [6.07, 6.45) is 6.47. The van der Waals surface area contributed by atoms with Crippen LogP contribution in [-0.2, 0) is 0 Å². The number of rotatable bonds is 3. The smallest absolute Gasteiger partial charge is 0.0658 e. The van der Waals surface area contributed by atoms with E-state index >= 15 is 0 Å². The Balaban J connectivity index is 0. The van der Waals surface area contributed by atoms with Crippen molar-refractivity contribution in [2.75, 3.05) is 20.6 Å². The molecule has 0 heterocycles. The second-order valence-corrected chi connectivity index (χ2v) is 16.4. The first kappa shape index (κ1) is 34.6. The summed E-state index contributed by atoms with van der Waals surface area (Å²) in [5.74, 6) is 2.86. The van der Waals surface area contributed by atoms with Gasteiger partial charge in [-0.05, 0) is 92.2 Å². The van der Waals surface area contributed by atoms with Crippen LogP contribution in [0.4, 0.5) is 0 Å². The Kier molecular flexibility index (Phi) is 14.8. The van der Waals surface area contributed by atoms with E-state index in [1.165, 1.54) is 38.6 Å². The van der Waals surface area contributed by atoms with Gasteiger partial charge >= 0.3 is 0 Å². The Bertz CT molecular complexity index is 516. The number of hydrogen-bond donors (Lipinski definition) is 0. The molecule has 2 aliphatic carbocycles. The first-order valence-corrected chi connectivity index (χ1v) is 13.5. The van der Waals surface area contributed by atoms with Crippen molar-refractivity contribution in [2.24, 2.45) is 45.3 Å². The van der Waals surface area contributed by atoms with Gasteiger partial charge < -0.3 is 4.90 Å². The third-order valence-corrected chi connectivity index (χ3v) is 5.67. The van der Waals surface area contributed by atoms with E-state index in [-0.39, 0.29) is 0 Å². The lowest BCUT2D eigenvalue weighted by atomic mass is 9.70. The molecule has 198 valence electrons. The predicted octanol–water partition coefficient (Wildman–Crippen LogP) is 9.70. The van der Waals surface area contributed by atoms with Gasteiger partial charge in [0.2, 0.25) is 0 Å². The molecule has 2 nitrogen and oxygen atoms in total. The van der Waals surface area contributed by atoms with Crippen molar-refractivity contribution in [3.63, 3.8) is 0 Å². The first-order valence-electron chi connectivity index (χ1n) is 13.5. The van der Waals surface area contributed by atoms with E-state index in [9.17, 15) is 0 Å². The Labute approximate surface area is 211 Å². The number of fused-ring (bicyclic) bond motifs is 2. The molecular formula is C31H64N2. The predicted molar refractivity (Wildman–Crippen MR) is 150 cm³/mol. The molecule has 0 aromatic carbocycles. The minimum atomic E-state index is 0.392. The van der Waals surface area contributed by atoms with Crippen LogP contribution in [0, 0.1) is 56.7 Å². The van der Waals surface area contributed by atoms with Crippen LogP contribution in [0.15, 0.2) is 0 Å². The van der Waals surface area contributed by atoms with Crippen molar-refractivity contribution in [3.8, 4) is 6.07 Å². The summed E-state index contributed by atoms with van der Waals surface area (Å²) in [7, 11) is 4.26. The third-order valence-electron chi connectivity index (χ3n) is 5.67. The summed E-state index contributed by atoms with van der Waals surface area (Å²) in [6.45, 7) is 32.6. The molecule has 2 bridgehead atoms. The van der Waals surface area contributed by atoms with Crippen LogP contribution in [0.1, 0.15) is 129 Å². The molecule has 2 rings (SSSR count). The number of nitriles is 1. The number of hydrogen-bond acceptors (Lipinski definition) is 2. The summed E-state index contributed by atoms with van der Waals surface area (Å²) in [4.78, 5) is 2.24. The largest absolute Gasteiger partial charge is 0.309 e. The molecule has 0 N–H and O–H groups in total. The van der Waals surface area contributed by atoms with E-state index in [2.05, 4.69) is 122 Å². The second kappa shape index (κ2) is 14.1. The molecular weight excluding hydrogens is 400 g/mol. The lowest BCUT2D eigenvalue weighted by Gasteiger charge is -2.35. The highest BCUT2D eigenvalue weighted by atomic mass is 15.0. The second-order valence-electron chi connectivity index (χ2n) is 16.4. The average Bonchev–Trinajstić information content (AvgIpc) is 3.10. The van der Waals surface area contributed by atoms with Gasteiger partial charge in [-0.3, -0.25) is 0 Å². The number of nitrogens with zero attached hydrogens (tertiary/aromatic N) is 2. The molecule has 33 heavy (non-hydrogen) atoms. The minimum Gasteiger partial charge on any atom is -0.309 e. The van der Waals surface area contributed by atoms with Crippen LogP contribution in [-0.4, -0.2) is 25.5 Å². The average molecular weight is 465 g/mol. The molecule has 4 atom stereocenters. The van der Waals surface area contributed by atoms with Crippen LogP contribution >= 0.6 is 0 Å². The summed E-state index contributed by atoms with van der Waals surface area (Å²) in [5, 5.41) is 8.93. The molecule has 0 amide bonds. The van der Waals surface area contributed by atoms with Crippen LogP contribution < -0.4 is 0 Å². The van der Waals surface area contributed by atoms with Crippen molar-refractivity contribution in [1.29, 1.82) is 5.26 Å². The molecule has 2 saturated carbocycles. The van der Waals surface area contributed by atoms with Gasteiger partial charge in [-0.2, -0.15) is 5.26 Å². The molecule has 0 radical (unpaired) electrons. The van der Waals surface area contributed by atoms with Gasteiger partial charge in [0.05, 0.1) is 6.07 Å². The van der Waals surface area contributed by atoms with Gasteiger partial charge in [-0.1, -0.05) is 96.9 Å². The summed E-state index contributed by atoms with van der Waals surface area (Å²) >= 11 is 0. The van der Waals surface area contributed by atoms with Gasteiger partial charge in [0.25, 0.3) is 0 Å². The molecule has 0 aromatic heterocycles. The van der Waals surface area contributed by atoms with E-state index in [0.29, 0.717) is 27.6 Å². The van der Waals surface area contributed by atoms with Gasteiger partial charge in [0.15, 0.2) is 0 Å². The van der Waals surface area contributed by atoms with Crippen molar-refractivity contribution >= 4 is 0 Å². The fraction of sp³-hybridized carbons (Fsp3) is 0.968. The van der Waals surface area contributed by atoms with Crippen LogP contribution in [0.3, 0.4) is 0 Å². The minimum absolute atomic E-state index is 0.392. The fourth-order valence-electron chi connectivity index (χ4n) is 4.42. The van der Waals surface area contributed by atoms with E-state index < -0.39 is 0 Å². The van der Waals surface area contributed by atoms with E-state index in [0.717, 1.165) is 17.8 Å². The highest BCUT2D eigenvalue weighted by Gasteiger charge is 2.49. The Morgan fingerprint density at radius 3 is 1.36 bits per heavy atom. The molecule has 2 fully saturated rings. The Morgan fingerprint density at radius 2 is 1.12 bits per heavy atom. The van der Waals surface area contributed by atoms with E-state index in [1.54, 1.807) is 0 Å². The summed E-state index contributed by atoms with van der Waals surface area (Å²) in [6, 6.07) is 2.47. The molecule has 0 aromatic rings. The molecule has 4 unspecified atom stereocenters. The Hall–Kier alpha value is -0.550. The maximum Gasteiger partial charge on any atom is 0.0658 e. The van der Waals surface area contributed by atoms with Gasteiger partial charge in [-0.15, -0.1) is 0 Å². The first-order chi connectivity index (χ1) is 14.4. The van der Waals surface area contributed by atoms with E-state index in [1.807, 2.05) is 0 Å². The zero-order chi connectivity index (χ0) is 26.8.